The highest BCUT2D eigenvalue weighted by molar-refractivity contribution is 6.31. The molecule has 5 nitrogen and oxygen atoms in total. The van der Waals surface area contributed by atoms with Crippen LogP contribution in [-0.4, -0.2) is 24.6 Å². The molecule has 1 amide bonds. The van der Waals surface area contributed by atoms with Gasteiger partial charge in [0.05, 0.1) is 25.9 Å². The average Bonchev–Trinajstić information content (AvgIpc) is 2.88. The van der Waals surface area contributed by atoms with E-state index in [1.54, 1.807) is 18.2 Å². The van der Waals surface area contributed by atoms with Gasteiger partial charge in [0.1, 0.15) is 6.61 Å². The van der Waals surface area contributed by atoms with Crippen LogP contribution in [0.5, 0.6) is 5.88 Å². The Balaban J connectivity index is 1.74. The molecule has 4 rings (SSSR count). The van der Waals surface area contributed by atoms with Gasteiger partial charge in [0, 0.05) is 28.4 Å². The molecule has 0 aliphatic carbocycles. The second-order valence-electron chi connectivity index (χ2n) is 6.50. The van der Waals surface area contributed by atoms with Crippen molar-refractivity contribution in [2.24, 2.45) is 0 Å². The minimum atomic E-state index is -0.0938. The molecule has 0 fully saturated rings. The summed E-state index contributed by atoms with van der Waals surface area (Å²) in [4.78, 5) is 18.8. The molecule has 1 aliphatic rings. The highest BCUT2D eigenvalue weighted by Gasteiger charge is 2.24. The molecule has 6 heteroatoms. The largest absolute Gasteiger partial charge is 0.481 e. The lowest BCUT2D eigenvalue weighted by molar-refractivity contribution is -0.123. The van der Waals surface area contributed by atoms with E-state index in [1.807, 2.05) is 54.6 Å². The predicted octanol–water partition coefficient (Wildman–Crippen LogP) is 4.47. The first-order valence-electron chi connectivity index (χ1n) is 8.90. The lowest BCUT2D eigenvalue weighted by Gasteiger charge is -2.23. The standard InChI is InChI=1S/C22H19ClN2O3/c1-27-21-9-8-16(11-24-21)15-6-7-18-13-28-14-22(26)25(20(18)10-15)12-17-4-2-3-5-19(17)23/h2-11H,12-14H2,1H3. The van der Waals surface area contributed by atoms with Crippen LogP contribution in [-0.2, 0) is 22.7 Å². The van der Waals surface area contributed by atoms with E-state index in [0.717, 1.165) is 27.9 Å². The molecule has 0 spiro atoms. The van der Waals surface area contributed by atoms with Gasteiger partial charge in [-0.1, -0.05) is 41.9 Å². The van der Waals surface area contributed by atoms with Crippen LogP contribution in [0.1, 0.15) is 11.1 Å². The number of hydrogen-bond donors (Lipinski definition) is 0. The van der Waals surface area contributed by atoms with Crippen LogP contribution in [0.15, 0.2) is 60.8 Å². The fourth-order valence-corrected chi connectivity index (χ4v) is 3.41. The quantitative estimate of drug-likeness (QED) is 0.655. The van der Waals surface area contributed by atoms with E-state index in [1.165, 1.54) is 0 Å². The predicted molar refractivity (Wildman–Crippen MR) is 109 cm³/mol. The van der Waals surface area contributed by atoms with Gasteiger partial charge in [-0.05, 0) is 29.3 Å². The summed E-state index contributed by atoms with van der Waals surface area (Å²) in [6, 6.07) is 17.3. The number of carbonyl (C=O) groups excluding carboxylic acids is 1. The Bertz CT molecular complexity index is 1000. The van der Waals surface area contributed by atoms with Crippen LogP contribution in [0.25, 0.3) is 11.1 Å². The molecule has 0 saturated heterocycles. The third kappa shape index (κ3) is 3.72. The zero-order chi connectivity index (χ0) is 19.5. The van der Waals surface area contributed by atoms with Crippen molar-refractivity contribution < 1.29 is 14.3 Å². The number of halogens is 1. The molecule has 0 atom stereocenters. The minimum Gasteiger partial charge on any atom is -0.481 e. The Morgan fingerprint density at radius 3 is 2.68 bits per heavy atom. The molecule has 3 aromatic rings. The summed E-state index contributed by atoms with van der Waals surface area (Å²) in [5, 5.41) is 0.637. The van der Waals surface area contributed by atoms with Gasteiger partial charge in [0.15, 0.2) is 0 Å². The molecule has 2 heterocycles. The molecule has 28 heavy (non-hydrogen) atoms. The van der Waals surface area contributed by atoms with E-state index in [4.69, 9.17) is 21.1 Å². The summed E-state index contributed by atoms with van der Waals surface area (Å²) >= 11 is 6.33. The SMILES string of the molecule is COc1ccc(-c2ccc3c(c2)N(Cc2ccccc2Cl)C(=O)COC3)cn1. The molecule has 0 unspecified atom stereocenters. The van der Waals surface area contributed by atoms with Gasteiger partial charge in [-0.15, -0.1) is 0 Å². The summed E-state index contributed by atoms with van der Waals surface area (Å²) in [7, 11) is 1.59. The van der Waals surface area contributed by atoms with E-state index < -0.39 is 0 Å². The molecular weight excluding hydrogens is 376 g/mol. The molecule has 2 aromatic carbocycles. The fraction of sp³-hybridized carbons (Fsp3) is 0.182. The second kappa shape index (κ2) is 8.00. The number of nitrogens with zero attached hydrogens (tertiary/aromatic N) is 2. The molecule has 0 saturated carbocycles. The molecular formula is C22H19ClN2O3. The number of hydrogen-bond acceptors (Lipinski definition) is 4. The Hall–Kier alpha value is -2.89. The maximum absolute atomic E-state index is 12.8. The number of rotatable bonds is 4. The first-order chi connectivity index (χ1) is 13.7. The lowest BCUT2D eigenvalue weighted by atomic mass is 10.0. The Kier molecular flexibility index (Phi) is 5.28. The van der Waals surface area contributed by atoms with E-state index in [-0.39, 0.29) is 12.5 Å². The monoisotopic (exact) mass is 394 g/mol. The fourth-order valence-electron chi connectivity index (χ4n) is 3.22. The normalized spacial score (nSPS) is 13.8. The van der Waals surface area contributed by atoms with Crippen LogP contribution in [0, 0.1) is 0 Å². The molecule has 0 bridgehead atoms. The van der Waals surface area contributed by atoms with Crippen molar-refractivity contribution in [1.82, 2.24) is 4.98 Å². The van der Waals surface area contributed by atoms with Gasteiger partial charge < -0.3 is 14.4 Å². The van der Waals surface area contributed by atoms with Crippen molar-refractivity contribution in [3.63, 3.8) is 0 Å². The van der Waals surface area contributed by atoms with Crippen molar-refractivity contribution in [3.05, 3.63) is 76.9 Å². The van der Waals surface area contributed by atoms with Crippen LogP contribution in [0.3, 0.4) is 0 Å². The third-order valence-electron chi connectivity index (χ3n) is 4.73. The van der Waals surface area contributed by atoms with Crippen molar-refractivity contribution >= 4 is 23.2 Å². The first kappa shape index (κ1) is 18.5. The van der Waals surface area contributed by atoms with Crippen LogP contribution >= 0.6 is 11.6 Å². The molecule has 0 radical (unpaired) electrons. The first-order valence-corrected chi connectivity index (χ1v) is 9.28. The van der Waals surface area contributed by atoms with Crippen LogP contribution in [0.4, 0.5) is 5.69 Å². The van der Waals surface area contributed by atoms with E-state index >= 15 is 0 Å². The van der Waals surface area contributed by atoms with Gasteiger partial charge in [0.2, 0.25) is 5.88 Å². The van der Waals surface area contributed by atoms with E-state index in [0.29, 0.717) is 24.1 Å². The average molecular weight is 395 g/mol. The van der Waals surface area contributed by atoms with Gasteiger partial charge in [-0.25, -0.2) is 4.98 Å². The minimum absolute atomic E-state index is 0.0402. The van der Waals surface area contributed by atoms with Crippen molar-refractivity contribution in [1.29, 1.82) is 0 Å². The highest BCUT2D eigenvalue weighted by atomic mass is 35.5. The number of aromatic nitrogens is 1. The molecule has 1 aromatic heterocycles. The van der Waals surface area contributed by atoms with Gasteiger partial charge in [-0.2, -0.15) is 0 Å². The maximum Gasteiger partial charge on any atom is 0.253 e. The molecule has 1 aliphatic heterocycles. The zero-order valence-corrected chi connectivity index (χ0v) is 16.1. The van der Waals surface area contributed by atoms with Gasteiger partial charge in [-0.3, -0.25) is 4.79 Å². The summed E-state index contributed by atoms with van der Waals surface area (Å²) in [6.07, 6.45) is 1.76. The molecule has 0 N–H and O–H groups in total. The summed E-state index contributed by atoms with van der Waals surface area (Å²) in [5.74, 6) is 0.464. The summed E-state index contributed by atoms with van der Waals surface area (Å²) in [6.45, 7) is 0.818. The molecule has 142 valence electrons. The number of anilines is 1. The number of pyridine rings is 1. The van der Waals surface area contributed by atoms with Crippen molar-refractivity contribution in [3.8, 4) is 17.0 Å². The summed E-state index contributed by atoms with van der Waals surface area (Å²) < 4.78 is 10.7. The topological polar surface area (TPSA) is 51.7 Å². The third-order valence-corrected chi connectivity index (χ3v) is 5.09. The number of carbonyl (C=O) groups is 1. The van der Waals surface area contributed by atoms with Crippen LogP contribution < -0.4 is 9.64 Å². The van der Waals surface area contributed by atoms with Gasteiger partial charge in [0.25, 0.3) is 5.91 Å². The van der Waals surface area contributed by atoms with Crippen molar-refractivity contribution in [2.75, 3.05) is 18.6 Å². The van der Waals surface area contributed by atoms with Crippen LogP contribution in [0.2, 0.25) is 5.02 Å². The number of fused-ring (bicyclic) bond motifs is 1. The number of ether oxygens (including phenoxy) is 2. The number of amides is 1. The van der Waals surface area contributed by atoms with E-state index in [9.17, 15) is 4.79 Å². The number of benzene rings is 2. The maximum atomic E-state index is 12.8. The number of methoxy groups -OCH3 is 1. The van der Waals surface area contributed by atoms with Gasteiger partial charge >= 0.3 is 0 Å². The summed E-state index contributed by atoms with van der Waals surface area (Å²) in [5.41, 5.74) is 4.59. The van der Waals surface area contributed by atoms with E-state index in [2.05, 4.69) is 4.98 Å². The second-order valence-corrected chi connectivity index (χ2v) is 6.90. The Labute approximate surface area is 168 Å². The Morgan fingerprint density at radius 1 is 1.11 bits per heavy atom. The zero-order valence-electron chi connectivity index (χ0n) is 15.4. The Morgan fingerprint density at radius 2 is 1.93 bits per heavy atom. The smallest absolute Gasteiger partial charge is 0.253 e. The van der Waals surface area contributed by atoms with Crippen molar-refractivity contribution in [2.45, 2.75) is 13.2 Å². The highest BCUT2D eigenvalue weighted by Crippen LogP contribution is 2.32. The lowest BCUT2D eigenvalue weighted by Crippen LogP contribution is -2.32.